The van der Waals surface area contributed by atoms with Crippen LogP contribution in [0.2, 0.25) is 0 Å². The Morgan fingerprint density at radius 1 is 0.950 bits per heavy atom. The van der Waals surface area contributed by atoms with E-state index in [-0.39, 0.29) is 16.2 Å². The maximum Gasteiger partial charge on any atom is 0.0196 e. The highest BCUT2D eigenvalue weighted by molar-refractivity contribution is 5.95. The summed E-state index contributed by atoms with van der Waals surface area (Å²) in [4.78, 5) is 0. The maximum atomic E-state index is 4.92. The molecular formula is C40H46. The van der Waals surface area contributed by atoms with Gasteiger partial charge in [-0.2, -0.15) is 0 Å². The minimum Gasteiger partial charge on any atom is -0.0955 e. The van der Waals surface area contributed by atoms with Gasteiger partial charge in [-0.3, -0.25) is 0 Å². The molecule has 0 unspecified atom stereocenters. The molecular weight excluding hydrogens is 480 g/mol. The number of hydrogen-bond acceptors (Lipinski definition) is 0. The van der Waals surface area contributed by atoms with Crippen molar-refractivity contribution in [2.45, 2.75) is 81.1 Å². The van der Waals surface area contributed by atoms with Crippen molar-refractivity contribution in [3.63, 3.8) is 0 Å². The van der Waals surface area contributed by atoms with Crippen LogP contribution in [0.4, 0.5) is 0 Å². The van der Waals surface area contributed by atoms with E-state index in [0.717, 1.165) is 18.4 Å². The molecule has 0 amide bonds. The first kappa shape index (κ1) is 27.1. The highest BCUT2D eigenvalue weighted by atomic mass is 14.7. The Labute approximate surface area is 243 Å². The van der Waals surface area contributed by atoms with E-state index in [0.29, 0.717) is 11.8 Å². The highest BCUT2D eigenvalue weighted by Gasteiger charge is 2.65. The van der Waals surface area contributed by atoms with Gasteiger partial charge in [-0.05, 0) is 119 Å². The van der Waals surface area contributed by atoms with Crippen LogP contribution in [0.15, 0.2) is 89.6 Å². The van der Waals surface area contributed by atoms with E-state index in [2.05, 4.69) is 111 Å². The fourth-order valence-electron chi connectivity index (χ4n) is 9.94. The van der Waals surface area contributed by atoms with Crippen LogP contribution in [0.1, 0.15) is 101 Å². The molecule has 2 aromatic rings. The zero-order valence-corrected chi connectivity index (χ0v) is 26.2. The van der Waals surface area contributed by atoms with Crippen LogP contribution in [0.25, 0.3) is 17.2 Å². The van der Waals surface area contributed by atoms with E-state index < -0.39 is 0 Å². The van der Waals surface area contributed by atoms with Crippen LogP contribution in [-0.2, 0) is 6.42 Å². The first-order valence-electron chi connectivity index (χ1n) is 15.1. The van der Waals surface area contributed by atoms with E-state index in [9.17, 15) is 0 Å². The van der Waals surface area contributed by atoms with Crippen molar-refractivity contribution in [3.05, 3.63) is 123 Å². The van der Waals surface area contributed by atoms with Crippen LogP contribution < -0.4 is 0 Å². The summed E-state index contributed by atoms with van der Waals surface area (Å²) in [7, 11) is 0. The van der Waals surface area contributed by atoms with Crippen molar-refractivity contribution in [3.8, 4) is 0 Å². The summed E-state index contributed by atoms with van der Waals surface area (Å²) in [6.07, 6.45) is 4.50. The van der Waals surface area contributed by atoms with Crippen molar-refractivity contribution in [2.24, 2.45) is 22.2 Å². The number of hydrogen-bond donors (Lipinski definition) is 0. The van der Waals surface area contributed by atoms with E-state index in [1.54, 1.807) is 0 Å². The van der Waals surface area contributed by atoms with E-state index in [1.165, 1.54) is 72.4 Å². The molecule has 0 aromatic heterocycles. The van der Waals surface area contributed by atoms with Gasteiger partial charge in [0.05, 0.1) is 0 Å². The van der Waals surface area contributed by atoms with Crippen molar-refractivity contribution < 1.29 is 0 Å². The average molecular weight is 527 g/mol. The van der Waals surface area contributed by atoms with Gasteiger partial charge in [-0.15, -0.1) is 0 Å². The minimum absolute atomic E-state index is 0.0361. The Kier molecular flexibility index (Phi) is 5.72. The van der Waals surface area contributed by atoms with Crippen molar-refractivity contribution in [1.29, 1.82) is 0 Å². The second-order valence-corrected chi connectivity index (χ2v) is 14.1. The lowest BCUT2D eigenvalue weighted by molar-refractivity contribution is -0.0261. The van der Waals surface area contributed by atoms with Crippen LogP contribution in [-0.4, -0.2) is 0 Å². The maximum absolute atomic E-state index is 4.92. The molecule has 4 aliphatic carbocycles. The van der Waals surface area contributed by atoms with Gasteiger partial charge < -0.3 is 0 Å². The lowest BCUT2D eigenvalue weighted by Gasteiger charge is -2.67. The summed E-state index contributed by atoms with van der Waals surface area (Å²) in [6, 6.07) is 13.6. The number of aryl methyl sites for hydroxylation is 1. The molecule has 0 saturated heterocycles. The van der Waals surface area contributed by atoms with Gasteiger partial charge >= 0.3 is 0 Å². The topological polar surface area (TPSA) is 0 Å². The number of rotatable bonds is 2. The predicted molar refractivity (Wildman–Crippen MR) is 174 cm³/mol. The molecule has 4 aliphatic rings. The molecule has 0 spiro atoms. The van der Waals surface area contributed by atoms with Crippen LogP contribution in [0, 0.1) is 29.1 Å². The Hall–Kier alpha value is -3.12. The number of allylic oxidation sites excluding steroid dienone is 8. The van der Waals surface area contributed by atoms with Crippen molar-refractivity contribution in [1.82, 2.24) is 0 Å². The van der Waals surface area contributed by atoms with E-state index in [1.807, 2.05) is 0 Å². The third-order valence-electron chi connectivity index (χ3n) is 12.6. The molecule has 206 valence electrons. The molecule has 0 aliphatic heterocycles. The Bertz CT molecular complexity index is 1650. The molecule has 40 heavy (non-hydrogen) atoms. The highest BCUT2D eigenvalue weighted by Crippen LogP contribution is 2.74. The van der Waals surface area contributed by atoms with Gasteiger partial charge in [0.2, 0.25) is 0 Å². The zero-order valence-electron chi connectivity index (χ0n) is 26.2. The molecule has 2 aromatic carbocycles. The number of benzene rings is 2. The summed E-state index contributed by atoms with van der Waals surface area (Å²) >= 11 is 0. The Morgan fingerprint density at radius 2 is 1.62 bits per heavy atom. The largest absolute Gasteiger partial charge is 0.0955 e. The standard InChI is InChI=1S/C40H46/c1-22(2)34-24(4)21-38(10)29(9)39(11)26(6)36-33(32-19-30-15-13-14-16-31(30)20-32)18-17-23(3)35(36)25(5)37(39)28(8)40(38,12)27(34)7/h13-19,26,29H,1,5,7,20-21H2,2-4,6,8-12H3/t26-,29+,38+,39-,40-/m1/s1. The second-order valence-electron chi connectivity index (χ2n) is 14.1. The molecule has 0 nitrogen and oxygen atoms in total. The molecule has 0 heterocycles. The minimum atomic E-state index is -0.156. The quantitative estimate of drug-likeness (QED) is 0.365. The third-order valence-corrected chi connectivity index (χ3v) is 12.6. The number of fused-ring (bicyclic) bond motifs is 4. The Morgan fingerprint density at radius 3 is 2.27 bits per heavy atom. The smallest absolute Gasteiger partial charge is 0.0196 e. The lowest BCUT2D eigenvalue weighted by atomic mass is 9.36. The SMILES string of the molecule is C=C(C)C1=C(C)C[C@@]2(C)[C@H](C)[C@]3(C)C(=C(C)[C@@]2(C)C1=C)C(=C)c1c(C)ccc(C2=Cc4ccccc4C2)c1[C@H]3C. The summed E-state index contributed by atoms with van der Waals surface area (Å²) in [5.41, 5.74) is 19.0. The summed E-state index contributed by atoms with van der Waals surface area (Å²) in [6.45, 7) is 35.9. The zero-order chi connectivity index (χ0) is 29.1. The summed E-state index contributed by atoms with van der Waals surface area (Å²) < 4.78 is 0. The van der Waals surface area contributed by atoms with E-state index >= 15 is 0 Å². The van der Waals surface area contributed by atoms with Crippen LogP contribution >= 0.6 is 0 Å². The fraction of sp³-hybridized carbons (Fsp3) is 0.400. The van der Waals surface area contributed by atoms with Gasteiger partial charge in [0.15, 0.2) is 0 Å². The molecule has 0 bridgehead atoms. The van der Waals surface area contributed by atoms with Gasteiger partial charge in [0.25, 0.3) is 0 Å². The van der Waals surface area contributed by atoms with E-state index in [4.69, 9.17) is 13.2 Å². The molecule has 0 N–H and O–H groups in total. The predicted octanol–water partition coefficient (Wildman–Crippen LogP) is 11.1. The molecule has 5 atom stereocenters. The monoisotopic (exact) mass is 526 g/mol. The summed E-state index contributed by atoms with van der Waals surface area (Å²) in [5, 5.41) is 0. The summed E-state index contributed by atoms with van der Waals surface area (Å²) in [5.74, 6) is 0.777. The van der Waals surface area contributed by atoms with Gasteiger partial charge in [0, 0.05) is 10.8 Å². The molecule has 0 heteroatoms. The molecule has 0 fully saturated rings. The normalized spacial score (nSPS) is 32.9. The third kappa shape index (κ3) is 3.03. The van der Waals surface area contributed by atoms with Gasteiger partial charge in [-0.1, -0.05) is 114 Å². The first-order chi connectivity index (χ1) is 18.7. The van der Waals surface area contributed by atoms with Crippen molar-refractivity contribution in [2.75, 3.05) is 0 Å². The van der Waals surface area contributed by atoms with Gasteiger partial charge in [0.1, 0.15) is 0 Å². The van der Waals surface area contributed by atoms with Crippen LogP contribution in [0.5, 0.6) is 0 Å². The molecule has 0 radical (unpaired) electrons. The van der Waals surface area contributed by atoms with Crippen molar-refractivity contribution >= 4 is 17.2 Å². The Balaban J connectivity index is 1.62. The molecule has 6 rings (SSSR count). The lowest BCUT2D eigenvalue weighted by Crippen LogP contribution is -2.58. The van der Waals surface area contributed by atoms with Gasteiger partial charge in [-0.25, -0.2) is 0 Å². The second kappa shape index (κ2) is 8.45. The first-order valence-corrected chi connectivity index (χ1v) is 15.1. The fourth-order valence-corrected chi connectivity index (χ4v) is 9.94. The average Bonchev–Trinajstić information content (AvgIpc) is 3.33. The van der Waals surface area contributed by atoms with Crippen LogP contribution in [0.3, 0.4) is 0 Å². The molecule has 0 saturated carbocycles.